The Morgan fingerprint density at radius 3 is 2.64 bits per heavy atom. The molecule has 1 aromatic carbocycles. The maximum absolute atomic E-state index is 12.6. The van der Waals surface area contributed by atoms with Gasteiger partial charge in [0.1, 0.15) is 6.04 Å². The average Bonchev–Trinajstić information content (AvgIpc) is 2.54. The van der Waals surface area contributed by atoms with Gasteiger partial charge < -0.3 is 10.2 Å². The van der Waals surface area contributed by atoms with E-state index < -0.39 is 6.04 Å². The Morgan fingerprint density at radius 2 is 1.95 bits per heavy atom. The lowest BCUT2D eigenvalue weighted by Crippen LogP contribution is -2.49. The number of hydrogen-bond acceptors (Lipinski definition) is 3. The molecule has 3 rings (SSSR count). The van der Waals surface area contributed by atoms with E-state index in [4.69, 9.17) is 0 Å². The summed E-state index contributed by atoms with van der Waals surface area (Å²) >= 11 is 0. The third-order valence-electron chi connectivity index (χ3n) is 3.88. The number of anilines is 1. The second-order valence-electron chi connectivity index (χ2n) is 5.37. The summed E-state index contributed by atoms with van der Waals surface area (Å²) in [6, 6.07) is 11.0. The van der Waals surface area contributed by atoms with Crippen LogP contribution in [0.1, 0.15) is 18.1 Å². The van der Waals surface area contributed by atoms with Crippen molar-refractivity contribution in [3.05, 3.63) is 59.9 Å². The quantitative estimate of drug-likeness (QED) is 0.921. The van der Waals surface area contributed by atoms with Crippen LogP contribution in [-0.4, -0.2) is 27.7 Å². The molecule has 2 heterocycles. The normalized spacial score (nSPS) is 16.8. The summed E-state index contributed by atoms with van der Waals surface area (Å²) < 4.78 is 0. The number of aromatic nitrogens is 1. The summed E-state index contributed by atoms with van der Waals surface area (Å²) in [6.45, 7) is 1.97. The number of carbonyl (C=O) groups excluding carboxylic acids is 2. The number of pyridine rings is 1. The largest absolute Gasteiger partial charge is 0.326 e. The molecule has 0 spiro atoms. The minimum Gasteiger partial charge on any atom is -0.326 e. The van der Waals surface area contributed by atoms with Crippen molar-refractivity contribution in [2.45, 2.75) is 25.9 Å². The summed E-state index contributed by atoms with van der Waals surface area (Å²) in [5.74, 6) is -0.279. The van der Waals surface area contributed by atoms with Crippen LogP contribution in [0.4, 0.5) is 5.69 Å². The molecule has 1 aliphatic heterocycles. The number of nitrogens with zero attached hydrogens (tertiary/aromatic N) is 2. The van der Waals surface area contributed by atoms with Crippen molar-refractivity contribution < 1.29 is 9.59 Å². The summed E-state index contributed by atoms with van der Waals surface area (Å²) in [7, 11) is 0. The van der Waals surface area contributed by atoms with E-state index in [0.29, 0.717) is 18.7 Å². The monoisotopic (exact) mass is 295 g/mol. The molecule has 0 bridgehead atoms. The van der Waals surface area contributed by atoms with E-state index in [0.717, 1.165) is 11.1 Å². The number of carbonyl (C=O) groups is 2. The van der Waals surface area contributed by atoms with Crippen molar-refractivity contribution in [3.63, 3.8) is 0 Å². The zero-order chi connectivity index (χ0) is 15.5. The number of nitrogens with one attached hydrogen (secondary N) is 1. The average molecular weight is 295 g/mol. The van der Waals surface area contributed by atoms with Gasteiger partial charge in [-0.05, 0) is 23.3 Å². The Hall–Kier alpha value is -2.69. The highest BCUT2D eigenvalue weighted by Crippen LogP contribution is 2.24. The highest BCUT2D eigenvalue weighted by atomic mass is 16.2. The molecule has 1 aliphatic rings. The van der Waals surface area contributed by atoms with Crippen LogP contribution in [0.2, 0.25) is 0 Å². The first-order valence-electron chi connectivity index (χ1n) is 7.20. The molecular weight excluding hydrogens is 278 g/mol. The molecule has 0 aliphatic carbocycles. The van der Waals surface area contributed by atoms with Crippen LogP contribution < -0.4 is 5.32 Å². The zero-order valence-electron chi connectivity index (χ0n) is 12.3. The highest BCUT2D eigenvalue weighted by molar-refractivity contribution is 5.97. The van der Waals surface area contributed by atoms with Gasteiger partial charge in [-0.1, -0.05) is 24.3 Å². The van der Waals surface area contributed by atoms with Gasteiger partial charge in [0.2, 0.25) is 11.8 Å². The van der Waals surface area contributed by atoms with Gasteiger partial charge in [0.25, 0.3) is 0 Å². The van der Waals surface area contributed by atoms with Crippen molar-refractivity contribution in [1.82, 2.24) is 9.88 Å². The SMILES string of the molecule is CC(=O)N1Cc2ccccc2C[C@@H]1C(=O)Nc1cccnc1. The molecule has 22 heavy (non-hydrogen) atoms. The van der Waals surface area contributed by atoms with Crippen molar-refractivity contribution in [3.8, 4) is 0 Å². The molecule has 5 heteroatoms. The van der Waals surface area contributed by atoms with Gasteiger partial charge in [-0.15, -0.1) is 0 Å². The van der Waals surface area contributed by atoms with Crippen LogP contribution >= 0.6 is 0 Å². The van der Waals surface area contributed by atoms with Crippen LogP contribution in [0.5, 0.6) is 0 Å². The Morgan fingerprint density at radius 1 is 1.18 bits per heavy atom. The summed E-state index contributed by atoms with van der Waals surface area (Å²) in [5, 5.41) is 2.83. The van der Waals surface area contributed by atoms with E-state index in [1.165, 1.54) is 6.92 Å². The van der Waals surface area contributed by atoms with Crippen LogP contribution in [0.15, 0.2) is 48.8 Å². The predicted octanol–water partition coefficient (Wildman–Crippen LogP) is 1.99. The lowest BCUT2D eigenvalue weighted by molar-refractivity contribution is -0.138. The number of rotatable bonds is 2. The molecule has 2 amide bonds. The fraction of sp³-hybridized carbons (Fsp3) is 0.235. The van der Waals surface area contributed by atoms with Gasteiger partial charge in [-0.25, -0.2) is 0 Å². The lowest BCUT2D eigenvalue weighted by Gasteiger charge is -2.35. The third-order valence-corrected chi connectivity index (χ3v) is 3.88. The smallest absolute Gasteiger partial charge is 0.247 e. The molecule has 2 aromatic rings. The van der Waals surface area contributed by atoms with E-state index >= 15 is 0 Å². The van der Waals surface area contributed by atoms with E-state index in [1.54, 1.807) is 29.4 Å². The molecule has 0 unspecified atom stereocenters. The van der Waals surface area contributed by atoms with E-state index in [-0.39, 0.29) is 11.8 Å². The Balaban J connectivity index is 1.84. The Kier molecular flexibility index (Phi) is 3.87. The minimum absolute atomic E-state index is 0.0964. The summed E-state index contributed by atoms with van der Waals surface area (Å²) in [5.41, 5.74) is 2.85. The second kappa shape index (κ2) is 5.97. The van der Waals surface area contributed by atoms with Crippen molar-refractivity contribution in [2.75, 3.05) is 5.32 Å². The minimum atomic E-state index is -0.493. The molecule has 0 radical (unpaired) electrons. The Labute approximate surface area is 129 Å². The maximum Gasteiger partial charge on any atom is 0.247 e. The molecule has 1 aromatic heterocycles. The van der Waals surface area contributed by atoms with Gasteiger partial charge in [0.15, 0.2) is 0 Å². The molecule has 1 N–H and O–H groups in total. The first-order chi connectivity index (χ1) is 10.6. The zero-order valence-corrected chi connectivity index (χ0v) is 12.3. The van der Waals surface area contributed by atoms with Gasteiger partial charge in [-0.2, -0.15) is 0 Å². The van der Waals surface area contributed by atoms with Gasteiger partial charge in [-0.3, -0.25) is 14.6 Å². The molecule has 1 atom stereocenters. The molecule has 0 saturated heterocycles. The van der Waals surface area contributed by atoms with E-state index in [2.05, 4.69) is 10.3 Å². The predicted molar refractivity (Wildman–Crippen MR) is 83.0 cm³/mol. The van der Waals surface area contributed by atoms with Crippen LogP contribution in [0, 0.1) is 0 Å². The fourth-order valence-corrected chi connectivity index (χ4v) is 2.75. The molecular formula is C17H17N3O2. The summed E-state index contributed by atoms with van der Waals surface area (Å²) in [4.78, 5) is 30.1. The second-order valence-corrected chi connectivity index (χ2v) is 5.37. The number of hydrogen-bond donors (Lipinski definition) is 1. The molecule has 112 valence electrons. The first-order valence-corrected chi connectivity index (χ1v) is 7.20. The number of fused-ring (bicyclic) bond motifs is 1. The Bertz CT molecular complexity index is 700. The number of amides is 2. The van der Waals surface area contributed by atoms with Crippen molar-refractivity contribution >= 4 is 17.5 Å². The van der Waals surface area contributed by atoms with Crippen molar-refractivity contribution in [2.24, 2.45) is 0 Å². The van der Waals surface area contributed by atoms with Crippen LogP contribution in [0.25, 0.3) is 0 Å². The summed E-state index contributed by atoms with van der Waals surface area (Å²) in [6.07, 6.45) is 3.77. The van der Waals surface area contributed by atoms with E-state index in [9.17, 15) is 9.59 Å². The highest BCUT2D eigenvalue weighted by Gasteiger charge is 2.32. The molecule has 5 nitrogen and oxygen atoms in total. The molecule has 0 saturated carbocycles. The number of benzene rings is 1. The standard InChI is InChI=1S/C17H17N3O2/c1-12(21)20-11-14-6-3-2-5-13(14)9-16(20)17(22)19-15-7-4-8-18-10-15/h2-8,10,16H,9,11H2,1H3,(H,19,22)/t16-/m1/s1. The topological polar surface area (TPSA) is 62.3 Å². The van der Waals surface area contributed by atoms with Crippen molar-refractivity contribution in [1.29, 1.82) is 0 Å². The first kappa shape index (κ1) is 14.3. The van der Waals surface area contributed by atoms with Gasteiger partial charge >= 0.3 is 0 Å². The molecule has 0 fully saturated rings. The fourth-order valence-electron chi connectivity index (χ4n) is 2.75. The van der Waals surface area contributed by atoms with Crippen LogP contribution in [-0.2, 0) is 22.6 Å². The van der Waals surface area contributed by atoms with Gasteiger partial charge in [0.05, 0.1) is 11.9 Å². The third kappa shape index (κ3) is 2.83. The van der Waals surface area contributed by atoms with Crippen LogP contribution in [0.3, 0.4) is 0 Å². The van der Waals surface area contributed by atoms with Gasteiger partial charge in [0, 0.05) is 26.1 Å². The lowest BCUT2D eigenvalue weighted by atomic mass is 9.93. The van der Waals surface area contributed by atoms with E-state index in [1.807, 2.05) is 24.3 Å². The maximum atomic E-state index is 12.6.